The molecule has 1 aromatic rings. The number of nitrogens with two attached hydrogens (primary N) is 1. The fourth-order valence-electron chi connectivity index (χ4n) is 1.30. The van der Waals surface area contributed by atoms with Crippen molar-refractivity contribution in [2.75, 3.05) is 5.73 Å². The smallest absolute Gasteiger partial charge is 0.332 e. The van der Waals surface area contributed by atoms with Crippen LogP contribution in [0, 0.1) is 5.41 Å². The largest absolute Gasteiger partial charge is 0.478 e. The van der Waals surface area contributed by atoms with Crippen molar-refractivity contribution in [3.8, 4) is 0 Å². The van der Waals surface area contributed by atoms with Gasteiger partial charge in [-0.2, -0.15) is 0 Å². The average molecular weight is 237 g/mol. The zero-order valence-electron chi connectivity index (χ0n) is 9.94. The Balaban J connectivity index is 3.32. The zero-order chi connectivity index (χ0) is 13.2. The van der Waals surface area contributed by atoms with Crippen LogP contribution in [0.25, 0.3) is 6.08 Å². The van der Waals surface area contributed by atoms with Gasteiger partial charge in [-0.05, 0) is 11.5 Å². The Morgan fingerprint density at radius 1 is 1.53 bits per heavy atom. The maximum absolute atomic E-state index is 11.2. The van der Waals surface area contributed by atoms with E-state index >= 15 is 0 Å². The summed E-state index contributed by atoms with van der Waals surface area (Å²) in [6.45, 7) is 5.28. The Morgan fingerprint density at radius 2 is 2.12 bits per heavy atom. The molecule has 0 aliphatic carbocycles. The van der Waals surface area contributed by atoms with Gasteiger partial charge in [0.2, 0.25) is 0 Å². The third kappa shape index (κ3) is 3.44. The highest BCUT2D eigenvalue weighted by Crippen LogP contribution is 2.26. The van der Waals surface area contributed by atoms with Gasteiger partial charge in [-0.15, -0.1) is 0 Å². The Morgan fingerprint density at radius 3 is 2.53 bits per heavy atom. The van der Waals surface area contributed by atoms with Crippen LogP contribution in [0.4, 0.5) is 5.82 Å². The third-order valence-electron chi connectivity index (χ3n) is 2.10. The lowest BCUT2D eigenvalue weighted by Gasteiger charge is -2.19. The van der Waals surface area contributed by atoms with Crippen molar-refractivity contribution >= 4 is 17.9 Å². The van der Waals surface area contributed by atoms with Crippen LogP contribution in [-0.4, -0.2) is 21.0 Å². The van der Waals surface area contributed by atoms with E-state index in [-0.39, 0.29) is 17.2 Å². The summed E-state index contributed by atoms with van der Waals surface area (Å²) >= 11 is 0. The molecule has 6 nitrogen and oxygen atoms in total. The third-order valence-corrected chi connectivity index (χ3v) is 2.10. The number of rotatable bonds is 2. The van der Waals surface area contributed by atoms with E-state index in [0.717, 1.165) is 6.07 Å². The maximum atomic E-state index is 11.2. The molecule has 0 unspecified atom stereocenters. The second-order valence-electron chi connectivity index (χ2n) is 4.67. The van der Waals surface area contributed by atoms with Crippen molar-refractivity contribution in [3.63, 3.8) is 0 Å². The summed E-state index contributed by atoms with van der Waals surface area (Å²) in [6.07, 6.45) is 1.32. The standard InChI is InChI=1S/C11H15N3O3/c1-11(2,3)6(10(16)17)4-8-13-7(12)5-9(15)14-8/h4-5H,1-3H3,(H,16,17)(H3,12,13,14,15)/b6-4-. The maximum Gasteiger partial charge on any atom is 0.332 e. The highest BCUT2D eigenvalue weighted by atomic mass is 16.4. The monoisotopic (exact) mass is 237 g/mol. The highest BCUT2D eigenvalue weighted by molar-refractivity contribution is 5.92. The van der Waals surface area contributed by atoms with Crippen molar-refractivity contribution in [3.05, 3.63) is 27.8 Å². The number of H-pyrrole nitrogens is 1. The Hall–Kier alpha value is -2.11. The first-order valence-corrected chi connectivity index (χ1v) is 5.02. The van der Waals surface area contributed by atoms with E-state index < -0.39 is 16.9 Å². The van der Waals surface area contributed by atoms with Crippen molar-refractivity contribution in [1.82, 2.24) is 9.97 Å². The molecule has 6 heteroatoms. The number of hydrogen-bond donors (Lipinski definition) is 3. The Bertz CT molecular complexity index is 523. The SMILES string of the molecule is CC(C)(C)/C(=C\c1nc(N)cc(=O)[nH]1)C(=O)O. The van der Waals surface area contributed by atoms with Crippen molar-refractivity contribution < 1.29 is 9.90 Å². The molecule has 0 atom stereocenters. The molecule has 1 aromatic heterocycles. The first-order chi connectivity index (χ1) is 7.70. The van der Waals surface area contributed by atoms with Crippen molar-refractivity contribution in [2.45, 2.75) is 20.8 Å². The molecule has 0 bridgehead atoms. The molecule has 0 aromatic carbocycles. The fraction of sp³-hybridized carbons (Fsp3) is 0.364. The van der Waals surface area contributed by atoms with E-state index in [1.54, 1.807) is 20.8 Å². The van der Waals surface area contributed by atoms with Gasteiger partial charge in [0.1, 0.15) is 11.6 Å². The van der Waals surface area contributed by atoms with Crippen LogP contribution in [0.1, 0.15) is 26.6 Å². The number of aromatic amines is 1. The van der Waals surface area contributed by atoms with Crippen molar-refractivity contribution in [1.29, 1.82) is 0 Å². The minimum atomic E-state index is -1.05. The first-order valence-electron chi connectivity index (χ1n) is 5.02. The van der Waals surface area contributed by atoms with Gasteiger partial charge in [0.25, 0.3) is 5.56 Å². The fourth-order valence-corrected chi connectivity index (χ4v) is 1.30. The number of aromatic nitrogens is 2. The molecule has 0 fully saturated rings. The van der Waals surface area contributed by atoms with Crippen LogP contribution in [0.5, 0.6) is 0 Å². The lowest BCUT2D eigenvalue weighted by molar-refractivity contribution is -0.133. The van der Waals surface area contributed by atoms with Gasteiger partial charge >= 0.3 is 5.97 Å². The van der Waals surface area contributed by atoms with Gasteiger partial charge in [0, 0.05) is 11.6 Å². The predicted octanol–water partition coefficient (Wildman–Crippen LogP) is 0.866. The second-order valence-corrected chi connectivity index (χ2v) is 4.67. The van der Waals surface area contributed by atoms with Crippen LogP contribution < -0.4 is 11.3 Å². The molecule has 0 radical (unpaired) electrons. The summed E-state index contributed by atoms with van der Waals surface area (Å²) < 4.78 is 0. The number of hydrogen-bond acceptors (Lipinski definition) is 4. The van der Waals surface area contributed by atoms with Gasteiger partial charge in [-0.3, -0.25) is 4.79 Å². The van der Waals surface area contributed by atoms with E-state index in [9.17, 15) is 9.59 Å². The molecule has 0 saturated heterocycles. The number of carbonyl (C=O) groups is 1. The van der Waals surface area contributed by atoms with E-state index in [2.05, 4.69) is 9.97 Å². The lowest BCUT2D eigenvalue weighted by atomic mass is 9.86. The minimum Gasteiger partial charge on any atom is -0.478 e. The van der Waals surface area contributed by atoms with Gasteiger partial charge in [-0.25, -0.2) is 9.78 Å². The summed E-state index contributed by atoms with van der Waals surface area (Å²) in [7, 11) is 0. The molecule has 4 N–H and O–H groups in total. The number of nitrogens with one attached hydrogen (secondary N) is 1. The molecule has 1 rings (SSSR count). The zero-order valence-corrected chi connectivity index (χ0v) is 9.94. The quantitative estimate of drug-likeness (QED) is 0.661. The number of carboxylic acids is 1. The molecule has 0 aliphatic rings. The average Bonchev–Trinajstić information content (AvgIpc) is 2.10. The van der Waals surface area contributed by atoms with E-state index in [0.29, 0.717) is 0 Å². The van der Waals surface area contributed by atoms with Crippen LogP contribution in [0.15, 0.2) is 16.4 Å². The number of carboxylic acid groups (broad SMARTS) is 1. The van der Waals surface area contributed by atoms with E-state index in [1.807, 2.05) is 0 Å². The normalized spacial score (nSPS) is 12.5. The topological polar surface area (TPSA) is 109 Å². The highest BCUT2D eigenvalue weighted by Gasteiger charge is 2.23. The predicted molar refractivity (Wildman–Crippen MR) is 64.3 cm³/mol. The number of aliphatic carboxylic acids is 1. The van der Waals surface area contributed by atoms with Crippen LogP contribution in [-0.2, 0) is 4.79 Å². The Kier molecular flexibility index (Phi) is 3.36. The summed E-state index contributed by atoms with van der Waals surface area (Å²) in [5, 5.41) is 9.09. The molecular weight excluding hydrogens is 222 g/mol. The first kappa shape index (κ1) is 13.0. The molecule has 0 aliphatic heterocycles. The van der Waals surface area contributed by atoms with Gasteiger partial charge in [-0.1, -0.05) is 20.8 Å². The van der Waals surface area contributed by atoms with Crippen LogP contribution >= 0.6 is 0 Å². The lowest BCUT2D eigenvalue weighted by Crippen LogP contribution is -2.18. The second kappa shape index (κ2) is 4.40. The van der Waals surface area contributed by atoms with E-state index in [4.69, 9.17) is 10.8 Å². The van der Waals surface area contributed by atoms with Crippen LogP contribution in [0.3, 0.4) is 0 Å². The molecule has 17 heavy (non-hydrogen) atoms. The van der Waals surface area contributed by atoms with Gasteiger partial charge < -0.3 is 15.8 Å². The summed E-state index contributed by atoms with van der Waals surface area (Å²) in [5.41, 5.74) is 4.58. The summed E-state index contributed by atoms with van der Waals surface area (Å²) in [4.78, 5) is 28.5. The Labute approximate surface area is 98.2 Å². The molecular formula is C11H15N3O3. The minimum absolute atomic E-state index is 0.0543. The molecule has 0 saturated carbocycles. The molecule has 1 heterocycles. The summed E-state index contributed by atoms with van der Waals surface area (Å²) in [6, 6.07) is 1.13. The molecule has 0 spiro atoms. The number of nitrogens with zero attached hydrogens (tertiary/aromatic N) is 1. The van der Waals surface area contributed by atoms with Crippen molar-refractivity contribution in [2.24, 2.45) is 5.41 Å². The number of anilines is 1. The molecule has 92 valence electrons. The number of nitrogen functional groups attached to an aromatic ring is 1. The van der Waals surface area contributed by atoms with Gasteiger partial charge in [0.05, 0.1) is 0 Å². The van der Waals surface area contributed by atoms with Crippen LogP contribution in [0.2, 0.25) is 0 Å². The van der Waals surface area contributed by atoms with Gasteiger partial charge in [0.15, 0.2) is 0 Å². The molecule has 0 amide bonds. The van der Waals surface area contributed by atoms with E-state index in [1.165, 1.54) is 6.08 Å². The summed E-state index contributed by atoms with van der Waals surface area (Å²) in [5.74, 6) is -0.858.